The van der Waals surface area contributed by atoms with Gasteiger partial charge in [-0.2, -0.15) is 0 Å². The summed E-state index contributed by atoms with van der Waals surface area (Å²) in [7, 11) is 0. The summed E-state index contributed by atoms with van der Waals surface area (Å²) in [6.07, 6.45) is 1.85. The third-order valence-corrected chi connectivity index (χ3v) is 12.3. The van der Waals surface area contributed by atoms with Gasteiger partial charge in [0.2, 0.25) is 5.71 Å². The highest BCUT2D eigenvalue weighted by atomic mass is 16.3. The van der Waals surface area contributed by atoms with Gasteiger partial charge in [-0.25, -0.2) is 29.9 Å². The summed E-state index contributed by atoms with van der Waals surface area (Å²) < 4.78 is 8.86. The van der Waals surface area contributed by atoms with Crippen molar-refractivity contribution in [3.05, 3.63) is 212 Å². The summed E-state index contributed by atoms with van der Waals surface area (Å²) in [5.41, 5.74) is 12.1. The quantitative estimate of drug-likeness (QED) is 0.158. The Morgan fingerprint density at radius 1 is 0.348 bits per heavy atom. The van der Waals surface area contributed by atoms with Gasteiger partial charge in [-0.3, -0.25) is 0 Å². The first-order chi connectivity index (χ1) is 32.7. The molecule has 0 unspecified atom stereocenters. The predicted molar refractivity (Wildman–Crippen MR) is 265 cm³/mol. The maximum absolute atomic E-state index is 6.55. The van der Waals surface area contributed by atoms with Crippen molar-refractivity contribution in [1.82, 2.24) is 34.5 Å². The van der Waals surface area contributed by atoms with Crippen LogP contribution in [-0.2, 0) is 0 Å². The lowest BCUT2D eigenvalue weighted by atomic mass is 10.0. The molecule has 0 saturated heterocycles. The van der Waals surface area contributed by atoms with E-state index in [1.165, 1.54) is 10.8 Å². The molecule has 0 saturated carbocycles. The Labute approximate surface area is 378 Å². The number of pyridine rings is 1. The fraction of sp³-hybridized carbons (Fsp3) is 0. The Bertz CT molecular complexity index is 3940. The Morgan fingerprint density at radius 3 is 1.62 bits per heavy atom. The molecule has 0 spiro atoms. The van der Waals surface area contributed by atoms with Crippen LogP contribution in [0.4, 0.5) is 0 Å². The van der Waals surface area contributed by atoms with Crippen LogP contribution in [0, 0.1) is 0 Å². The van der Waals surface area contributed by atoms with E-state index in [4.69, 9.17) is 34.3 Å². The van der Waals surface area contributed by atoms with Gasteiger partial charge in [0.25, 0.3) is 0 Å². The number of rotatable bonds is 7. The maximum atomic E-state index is 6.55. The first-order valence-electron chi connectivity index (χ1n) is 21.8. The number of hydrogen-bond donors (Lipinski definition) is 0. The van der Waals surface area contributed by atoms with Crippen molar-refractivity contribution < 1.29 is 4.42 Å². The maximum Gasteiger partial charge on any atom is 0.229 e. The van der Waals surface area contributed by atoms with Crippen LogP contribution in [0.1, 0.15) is 0 Å². The van der Waals surface area contributed by atoms with Crippen LogP contribution in [0.25, 0.3) is 128 Å². The molecule has 0 fully saturated rings. The molecule has 0 radical (unpaired) electrons. The minimum absolute atomic E-state index is 0.501. The lowest BCUT2D eigenvalue weighted by Crippen LogP contribution is -2.01. The molecule has 66 heavy (non-hydrogen) atoms. The normalized spacial score (nSPS) is 11.6. The predicted octanol–water partition coefficient (Wildman–Crippen LogP) is 14.2. The molecule has 8 nitrogen and oxygen atoms in total. The first-order valence-corrected chi connectivity index (χ1v) is 21.8. The summed E-state index contributed by atoms with van der Waals surface area (Å²) in [6.45, 7) is 0. The molecule has 5 heterocycles. The first kappa shape index (κ1) is 37.4. The smallest absolute Gasteiger partial charge is 0.229 e. The molecule has 308 valence electrons. The number of furan rings is 1. The van der Waals surface area contributed by atoms with Crippen molar-refractivity contribution in [1.29, 1.82) is 0 Å². The molecule has 0 aliphatic carbocycles. The van der Waals surface area contributed by atoms with Gasteiger partial charge in [-0.15, -0.1) is 0 Å². The van der Waals surface area contributed by atoms with Crippen LogP contribution in [-0.4, -0.2) is 34.5 Å². The van der Waals surface area contributed by atoms with Crippen LogP contribution >= 0.6 is 0 Å². The zero-order chi connectivity index (χ0) is 43.6. The molecule has 0 aliphatic rings. The second-order valence-corrected chi connectivity index (χ2v) is 16.3. The van der Waals surface area contributed by atoms with E-state index in [1.807, 2.05) is 91.1 Å². The topological polar surface area (TPSA) is 95.4 Å². The molecule has 13 rings (SSSR count). The third kappa shape index (κ3) is 6.39. The zero-order valence-electron chi connectivity index (χ0n) is 35.2. The SMILES string of the molecule is c1ccc(-c2cnc3oc4c(-c5ccc(-c6nc(-c7ccccc7)nc(-c7cccc(-n8c9ccccc9c9ccccc98)c7)n6)cc5)nc(-c5ccc6ccccc6c5)nc4c3c2)cc1. The van der Waals surface area contributed by atoms with Crippen molar-refractivity contribution in [2.24, 2.45) is 0 Å². The summed E-state index contributed by atoms with van der Waals surface area (Å²) in [5.74, 6) is 2.31. The van der Waals surface area contributed by atoms with E-state index in [1.54, 1.807) is 0 Å². The van der Waals surface area contributed by atoms with Crippen molar-refractivity contribution in [2.75, 3.05) is 0 Å². The van der Waals surface area contributed by atoms with E-state index in [0.717, 1.165) is 71.8 Å². The highest BCUT2D eigenvalue weighted by Crippen LogP contribution is 2.38. The van der Waals surface area contributed by atoms with Gasteiger partial charge in [0.05, 0.1) is 16.4 Å². The minimum Gasteiger partial charge on any atom is -0.434 e. The molecule has 0 atom stereocenters. The fourth-order valence-electron chi connectivity index (χ4n) is 9.08. The average Bonchev–Trinajstić information content (AvgIpc) is 3.94. The molecule has 5 aromatic heterocycles. The number of aromatic nitrogens is 7. The molecule has 8 heteroatoms. The number of benzene rings is 8. The van der Waals surface area contributed by atoms with Crippen molar-refractivity contribution >= 4 is 54.8 Å². The molecular weight excluding hydrogens is 811 g/mol. The monoisotopic (exact) mass is 845 g/mol. The second-order valence-electron chi connectivity index (χ2n) is 16.3. The van der Waals surface area contributed by atoms with E-state index in [9.17, 15) is 0 Å². The summed E-state index contributed by atoms with van der Waals surface area (Å²) in [5, 5.41) is 5.49. The van der Waals surface area contributed by atoms with Crippen molar-refractivity contribution in [3.8, 4) is 73.6 Å². The standard InChI is InChI=1S/C58H35N7O/c1-3-14-36(15-4-1)44-34-48-52-53(66-58(48)59-35-44)51(60-56(61-52)43-31-26-37-16-7-8-19-41(37)32-43)38-27-29-40(30-28-38)55-62-54(39-17-5-2-6-18-39)63-57(64-55)42-20-13-21-45(33-42)65-49-24-11-9-22-46(49)47-23-10-12-25-50(47)65/h1-35H. The van der Waals surface area contributed by atoms with Gasteiger partial charge in [-0.1, -0.05) is 170 Å². The van der Waals surface area contributed by atoms with Crippen LogP contribution in [0.5, 0.6) is 0 Å². The summed E-state index contributed by atoms with van der Waals surface area (Å²) in [6, 6.07) is 70.7. The van der Waals surface area contributed by atoms with E-state index in [2.05, 4.69) is 126 Å². The Balaban J connectivity index is 0.944. The lowest BCUT2D eigenvalue weighted by molar-refractivity contribution is 0.653. The van der Waals surface area contributed by atoms with E-state index in [0.29, 0.717) is 45.8 Å². The number of hydrogen-bond acceptors (Lipinski definition) is 7. The van der Waals surface area contributed by atoms with E-state index < -0.39 is 0 Å². The summed E-state index contributed by atoms with van der Waals surface area (Å²) in [4.78, 5) is 30.5. The Kier molecular flexibility index (Phi) is 8.67. The number of para-hydroxylation sites is 2. The van der Waals surface area contributed by atoms with Crippen LogP contribution < -0.4 is 0 Å². The van der Waals surface area contributed by atoms with Crippen LogP contribution in [0.15, 0.2) is 217 Å². The number of fused-ring (bicyclic) bond motifs is 7. The molecule has 0 bridgehead atoms. The zero-order valence-corrected chi connectivity index (χ0v) is 35.2. The Hall–Kier alpha value is -9.14. The molecule has 0 N–H and O–H groups in total. The van der Waals surface area contributed by atoms with Gasteiger partial charge in [-0.05, 0) is 52.7 Å². The average molecular weight is 846 g/mol. The fourth-order valence-corrected chi connectivity index (χ4v) is 9.08. The highest BCUT2D eigenvalue weighted by Gasteiger charge is 2.21. The van der Waals surface area contributed by atoms with Crippen LogP contribution in [0.2, 0.25) is 0 Å². The van der Waals surface area contributed by atoms with Gasteiger partial charge in [0.1, 0.15) is 11.2 Å². The molecule has 8 aromatic carbocycles. The second kappa shape index (κ2) is 15.3. The van der Waals surface area contributed by atoms with Gasteiger partial charge in [0.15, 0.2) is 28.9 Å². The van der Waals surface area contributed by atoms with Crippen molar-refractivity contribution in [3.63, 3.8) is 0 Å². The third-order valence-electron chi connectivity index (χ3n) is 12.3. The largest absolute Gasteiger partial charge is 0.434 e. The molecule has 13 aromatic rings. The van der Waals surface area contributed by atoms with E-state index >= 15 is 0 Å². The van der Waals surface area contributed by atoms with Crippen LogP contribution in [0.3, 0.4) is 0 Å². The molecule has 0 aliphatic heterocycles. The van der Waals surface area contributed by atoms with E-state index in [-0.39, 0.29) is 0 Å². The van der Waals surface area contributed by atoms with Gasteiger partial charge >= 0.3 is 0 Å². The van der Waals surface area contributed by atoms with Crippen molar-refractivity contribution in [2.45, 2.75) is 0 Å². The van der Waals surface area contributed by atoms with Gasteiger partial charge in [0, 0.05) is 56.0 Å². The number of nitrogens with zero attached hydrogens (tertiary/aromatic N) is 7. The van der Waals surface area contributed by atoms with Gasteiger partial charge < -0.3 is 8.98 Å². The molecular formula is C58H35N7O. The highest BCUT2D eigenvalue weighted by molar-refractivity contribution is 6.09. The lowest BCUT2D eigenvalue weighted by Gasteiger charge is -2.12. The summed E-state index contributed by atoms with van der Waals surface area (Å²) >= 11 is 0. The minimum atomic E-state index is 0.501. The molecule has 0 amide bonds. The Morgan fingerprint density at radius 2 is 0.894 bits per heavy atom.